The molecule has 0 aromatic carbocycles. The number of hydrogen-bond donors (Lipinski definition) is 1. The molecule has 2 heterocycles. The Hall–Kier alpha value is -1.03. The number of hydrogen-bond acceptors (Lipinski definition) is 3. The summed E-state index contributed by atoms with van der Waals surface area (Å²) in [5, 5.41) is 3.43. The van der Waals surface area contributed by atoms with Crippen molar-refractivity contribution < 1.29 is 0 Å². The Morgan fingerprint density at radius 2 is 2.40 bits per heavy atom. The Balaban J connectivity index is 2.12. The van der Waals surface area contributed by atoms with Crippen molar-refractivity contribution in [3.63, 3.8) is 0 Å². The number of nitrogens with zero attached hydrogens (tertiary/aromatic N) is 3. The van der Waals surface area contributed by atoms with Gasteiger partial charge in [-0.2, -0.15) is 0 Å². The van der Waals surface area contributed by atoms with Crippen molar-refractivity contribution in [2.24, 2.45) is 7.05 Å². The van der Waals surface area contributed by atoms with Crippen LogP contribution in [0.3, 0.4) is 0 Å². The summed E-state index contributed by atoms with van der Waals surface area (Å²) in [6, 6.07) is 0.583. The molecule has 1 aliphatic rings. The SMILES string of the molecule is Cc1cn(C)c(N(C)C2CCCNC2)n1. The Bertz CT molecular complexity index is 325. The number of imidazole rings is 1. The third-order valence-corrected chi connectivity index (χ3v) is 3.11. The molecule has 1 atom stereocenters. The van der Waals surface area contributed by atoms with Gasteiger partial charge < -0.3 is 14.8 Å². The van der Waals surface area contributed by atoms with Crippen LogP contribution in [-0.2, 0) is 7.05 Å². The van der Waals surface area contributed by atoms with Crippen molar-refractivity contribution in [1.29, 1.82) is 0 Å². The molecule has 0 bridgehead atoms. The van der Waals surface area contributed by atoms with E-state index in [2.05, 4.69) is 40.1 Å². The number of anilines is 1. The van der Waals surface area contributed by atoms with Crippen LogP contribution in [0.25, 0.3) is 0 Å². The predicted octanol–water partition coefficient (Wildman–Crippen LogP) is 0.917. The summed E-state index contributed by atoms with van der Waals surface area (Å²) in [5.74, 6) is 1.07. The Morgan fingerprint density at radius 3 is 2.93 bits per heavy atom. The number of aromatic nitrogens is 2. The highest BCUT2D eigenvalue weighted by Gasteiger charge is 2.20. The molecule has 1 unspecified atom stereocenters. The second kappa shape index (κ2) is 4.23. The molecule has 1 N–H and O–H groups in total. The molecule has 0 aliphatic carbocycles. The maximum absolute atomic E-state index is 4.55. The maximum Gasteiger partial charge on any atom is 0.205 e. The molecule has 0 saturated carbocycles. The van der Waals surface area contributed by atoms with Gasteiger partial charge >= 0.3 is 0 Å². The zero-order valence-corrected chi connectivity index (χ0v) is 9.82. The summed E-state index contributed by atoms with van der Waals surface area (Å²) in [7, 11) is 4.20. The number of piperidine rings is 1. The molecule has 15 heavy (non-hydrogen) atoms. The van der Waals surface area contributed by atoms with Crippen LogP contribution in [0.2, 0.25) is 0 Å². The molecule has 1 aromatic rings. The van der Waals surface area contributed by atoms with E-state index < -0.39 is 0 Å². The van der Waals surface area contributed by atoms with Crippen LogP contribution in [-0.4, -0.2) is 35.7 Å². The zero-order valence-electron chi connectivity index (χ0n) is 9.82. The molecule has 0 spiro atoms. The minimum atomic E-state index is 0.583. The van der Waals surface area contributed by atoms with Gasteiger partial charge in [0.1, 0.15) is 0 Å². The molecule has 4 nitrogen and oxygen atoms in total. The topological polar surface area (TPSA) is 33.1 Å². The van der Waals surface area contributed by atoms with Crippen LogP contribution >= 0.6 is 0 Å². The van der Waals surface area contributed by atoms with Gasteiger partial charge in [-0.1, -0.05) is 0 Å². The number of likely N-dealkylation sites (N-methyl/N-ethyl adjacent to an activating group) is 1. The fraction of sp³-hybridized carbons (Fsp3) is 0.727. The van der Waals surface area contributed by atoms with Crippen molar-refractivity contribution in [2.45, 2.75) is 25.8 Å². The van der Waals surface area contributed by atoms with Gasteiger partial charge in [-0.3, -0.25) is 0 Å². The lowest BCUT2D eigenvalue weighted by atomic mass is 10.1. The lowest BCUT2D eigenvalue weighted by Gasteiger charge is -2.32. The van der Waals surface area contributed by atoms with E-state index in [0.29, 0.717) is 6.04 Å². The molecule has 0 amide bonds. The van der Waals surface area contributed by atoms with E-state index in [4.69, 9.17) is 0 Å². The van der Waals surface area contributed by atoms with Gasteiger partial charge in [0, 0.05) is 32.9 Å². The monoisotopic (exact) mass is 208 g/mol. The Labute approximate surface area is 91.3 Å². The Kier molecular flexibility index (Phi) is 2.95. The summed E-state index contributed by atoms with van der Waals surface area (Å²) in [5.41, 5.74) is 1.09. The Morgan fingerprint density at radius 1 is 1.60 bits per heavy atom. The lowest BCUT2D eigenvalue weighted by molar-refractivity contribution is 0.439. The fourth-order valence-corrected chi connectivity index (χ4v) is 2.26. The smallest absolute Gasteiger partial charge is 0.205 e. The van der Waals surface area contributed by atoms with Gasteiger partial charge in [-0.15, -0.1) is 0 Å². The molecule has 1 saturated heterocycles. The first-order valence-electron chi connectivity index (χ1n) is 5.62. The van der Waals surface area contributed by atoms with E-state index >= 15 is 0 Å². The van der Waals surface area contributed by atoms with Crippen LogP contribution in [0.15, 0.2) is 6.20 Å². The van der Waals surface area contributed by atoms with E-state index in [0.717, 1.165) is 24.7 Å². The molecular weight excluding hydrogens is 188 g/mol. The van der Waals surface area contributed by atoms with Crippen molar-refractivity contribution in [1.82, 2.24) is 14.9 Å². The van der Waals surface area contributed by atoms with Gasteiger partial charge in [0.25, 0.3) is 0 Å². The normalized spacial score (nSPS) is 21.7. The molecule has 84 valence electrons. The number of aryl methyl sites for hydroxylation is 2. The molecular formula is C11H20N4. The average Bonchev–Trinajstić information content (AvgIpc) is 2.58. The van der Waals surface area contributed by atoms with Gasteiger partial charge in [-0.05, 0) is 26.3 Å². The highest BCUT2D eigenvalue weighted by molar-refractivity contribution is 5.33. The minimum absolute atomic E-state index is 0.583. The number of nitrogens with one attached hydrogen (secondary N) is 1. The van der Waals surface area contributed by atoms with Gasteiger partial charge in [0.2, 0.25) is 5.95 Å². The van der Waals surface area contributed by atoms with Crippen molar-refractivity contribution in [2.75, 3.05) is 25.0 Å². The standard InChI is InChI=1S/C11H20N4/c1-9-8-14(2)11(13-9)15(3)10-5-4-6-12-7-10/h8,10,12H,4-7H2,1-3H3. The largest absolute Gasteiger partial charge is 0.341 e. The molecule has 1 fully saturated rings. The molecule has 0 radical (unpaired) electrons. The lowest BCUT2D eigenvalue weighted by Crippen LogP contribution is -2.45. The first-order valence-corrected chi connectivity index (χ1v) is 5.62. The van der Waals surface area contributed by atoms with Gasteiger partial charge in [0.15, 0.2) is 0 Å². The second-order valence-corrected chi connectivity index (χ2v) is 4.40. The maximum atomic E-state index is 4.55. The molecule has 4 heteroatoms. The highest BCUT2D eigenvalue weighted by Crippen LogP contribution is 2.17. The fourth-order valence-electron chi connectivity index (χ4n) is 2.26. The second-order valence-electron chi connectivity index (χ2n) is 4.40. The summed E-state index contributed by atoms with van der Waals surface area (Å²) in [6.07, 6.45) is 4.59. The van der Waals surface area contributed by atoms with E-state index in [1.165, 1.54) is 12.8 Å². The van der Waals surface area contributed by atoms with E-state index in [1.807, 2.05) is 6.92 Å². The quantitative estimate of drug-likeness (QED) is 0.784. The van der Waals surface area contributed by atoms with E-state index in [9.17, 15) is 0 Å². The summed E-state index contributed by atoms with van der Waals surface area (Å²) in [4.78, 5) is 6.84. The van der Waals surface area contributed by atoms with Crippen LogP contribution in [0, 0.1) is 6.92 Å². The summed E-state index contributed by atoms with van der Waals surface area (Å²) in [6.45, 7) is 4.27. The predicted molar refractivity (Wildman–Crippen MR) is 62.2 cm³/mol. The number of rotatable bonds is 2. The van der Waals surface area contributed by atoms with Crippen LogP contribution in [0.1, 0.15) is 18.5 Å². The minimum Gasteiger partial charge on any atom is -0.341 e. The molecule has 1 aliphatic heterocycles. The average molecular weight is 208 g/mol. The van der Waals surface area contributed by atoms with Crippen LogP contribution < -0.4 is 10.2 Å². The summed E-state index contributed by atoms with van der Waals surface area (Å²) < 4.78 is 2.10. The van der Waals surface area contributed by atoms with Crippen molar-refractivity contribution in [3.8, 4) is 0 Å². The third-order valence-electron chi connectivity index (χ3n) is 3.11. The van der Waals surface area contributed by atoms with E-state index in [1.54, 1.807) is 0 Å². The molecule has 1 aromatic heterocycles. The van der Waals surface area contributed by atoms with Crippen molar-refractivity contribution in [3.05, 3.63) is 11.9 Å². The summed E-state index contributed by atoms with van der Waals surface area (Å²) >= 11 is 0. The highest BCUT2D eigenvalue weighted by atomic mass is 15.3. The van der Waals surface area contributed by atoms with Crippen LogP contribution in [0.5, 0.6) is 0 Å². The van der Waals surface area contributed by atoms with E-state index in [-0.39, 0.29) is 0 Å². The molecule has 2 rings (SSSR count). The first-order chi connectivity index (χ1) is 7.18. The van der Waals surface area contributed by atoms with Gasteiger partial charge in [0.05, 0.1) is 5.69 Å². The third kappa shape index (κ3) is 2.15. The van der Waals surface area contributed by atoms with Crippen molar-refractivity contribution >= 4 is 5.95 Å². The first kappa shape index (κ1) is 10.5. The van der Waals surface area contributed by atoms with Crippen LogP contribution in [0.4, 0.5) is 5.95 Å². The van der Waals surface area contributed by atoms with Gasteiger partial charge in [-0.25, -0.2) is 4.98 Å². The zero-order chi connectivity index (χ0) is 10.8.